The number of hydrogen-bond acceptors (Lipinski definition) is 4. The molecule has 94 valence electrons. The van der Waals surface area contributed by atoms with Crippen LogP contribution in [0.3, 0.4) is 0 Å². The van der Waals surface area contributed by atoms with Gasteiger partial charge in [0.05, 0.1) is 5.69 Å². The third kappa shape index (κ3) is 4.07. The maximum Gasteiger partial charge on any atom is 0.0543 e. The molecule has 0 spiro atoms. The molecule has 0 radical (unpaired) electrons. The zero-order valence-corrected chi connectivity index (χ0v) is 10.2. The number of nitrogens with one attached hydrogen (secondary N) is 1. The highest BCUT2D eigenvalue weighted by molar-refractivity contribution is 5.03. The Morgan fingerprint density at radius 3 is 3.18 bits per heavy atom. The molecule has 1 aliphatic rings. The van der Waals surface area contributed by atoms with Crippen LogP contribution in [-0.4, -0.2) is 47.3 Å². The lowest BCUT2D eigenvalue weighted by molar-refractivity contribution is 0.221. The lowest BCUT2D eigenvalue weighted by Gasteiger charge is -2.23. The molecule has 1 saturated heterocycles. The van der Waals surface area contributed by atoms with Crippen molar-refractivity contribution in [2.24, 2.45) is 0 Å². The van der Waals surface area contributed by atoms with Gasteiger partial charge >= 0.3 is 0 Å². The van der Waals surface area contributed by atoms with Crippen LogP contribution >= 0.6 is 0 Å². The predicted octanol–water partition coefficient (Wildman–Crippen LogP) is 0.628. The van der Waals surface area contributed by atoms with Crippen LogP contribution < -0.4 is 5.32 Å². The quantitative estimate of drug-likeness (QED) is 0.803. The summed E-state index contributed by atoms with van der Waals surface area (Å²) < 4.78 is 0. The zero-order valence-electron chi connectivity index (χ0n) is 10.2. The molecule has 1 atom stereocenters. The van der Waals surface area contributed by atoms with Crippen LogP contribution in [-0.2, 0) is 6.54 Å². The Hall–Kier alpha value is -0.970. The van der Waals surface area contributed by atoms with Gasteiger partial charge in [-0.2, -0.15) is 0 Å². The number of aliphatic hydroxyl groups excluding tert-OH is 1. The molecule has 17 heavy (non-hydrogen) atoms. The van der Waals surface area contributed by atoms with E-state index in [2.05, 4.69) is 21.3 Å². The first-order chi connectivity index (χ1) is 8.38. The van der Waals surface area contributed by atoms with E-state index < -0.39 is 0 Å². The van der Waals surface area contributed by atoms with Crippen molar-refractivity contribution in [2.45, 2.75) is 25.4 Å². The van der Waals surface area contributed by atoms with Gasteiger partial charge in [-0.1, -0.05) is 6.07 Å². The van der Waals surface area contributed by atoms with Crippen LogP contribution in [0, 0.1) is 0 Å². The minimum absolute atomic E-state index is 0.259. The summed E-state index contributed by atoms with van der Waals surface area (Å²) in [6, 6.07) is 6.46. The molecule has 0 saturated carbocycles. The molecule has 4 heteroatoms. The van der Waals surface area contributed by atoms with Crippen LogP contribution in [0.5, 0.6) is 0 Å². The largest absolute Gasteiger partial charge is 0.396 e. The van der Waals surface area contributed by atoms with Crippen LogP contribution in [0.15, 0.2) is 24.4 Å². The topological polar surface area (TPSA) is 48.4 Å². The molecular formula is C13H21N3O. The summed E-state index contributed by atoms with van der Waals surface area (Å²) in [5, 5.41) is 12.5. The smallest absolute Gasteiger partial charge is 0.0543 e. The lowest BCUT2D eigenvalue weighted by atomic mass is 10.2. The van der Waals surface area contributed by atoms with Gasteiger partial charge in [-0.15, -0.1) is 0 Å². The molecule has 1 aromatic rings. The zero-order chi connectivity index (χ0) is 11.9. The summed E-state index contributed by atoms with van der Waals surface area (Å²) in [4.78, 5) is 6.78. The number of nitrogens with zero attached hydrogens (tertiary/aromatic N) is 2. The maximum absolute atomic E-state index is 9.02. The summed E-state index contributed by atoms with van der Waals surface area (Å²) in [5.41, 5.74) is 1.12. The Morgan fingerprint density at radius 1 is 1.47 bits per heavy atom. The van der Waals surface area contributed by atoms with Crippen molar-refractivity contribution >= 4 is 0 Å². The number of aliphatic hydroxyl groups is 1. The normalized spacial score (nSPS) is 22.3. The van der Waals surface area contributed by atoms with Crippen molar-refractivity contribution in [1.82, 2.24) is 15.2 Å². The number of aromatic nitrogens is 1. The summed E-state index contributed by atoms with van der Waals surface area (Å²) in [6.45, 7) is 4.31. The highest BCUT2D eigenvalue weighted by Crippen LogP contribution is 2.07. The average Bonchev–Trinajstić information content (AvgIpc) is 2.56. The van der Waals surface area contributed by atoms with Crippen LogP contribution in [0.1, 0.15) is 18.5 Å². The van der Waals surface area contributed by atoms with Crippen LogP contribution in [0.4, 0.5) is 0 Å². The first kappa shape index (κ1) is 12.5. The molecule has 2 heterocycles. The van der Waals surface area contributed by atoms with E-state index in [0.29, 0.717) is 6.04 Å². The number of rotatable bonds is 4. The Kier molecular flexibility index (Phi) is 4.91. The second-order valence-electron chi connectivity index (χ2n) is 4.57. The fourth-order valence-corrected chi connectivity index (χ4v) is 2.29. The van der Waals surface area contributed by atoms with Gasteiger partial charge in [0.15, 0.2) is 0 Å². The highest BCUT2D eigenvalue weighted by atomic mass is 16.3. The standard InChI is InChI=1S/C13H21N3O/c17-9-5-13-11-16(8-3-7-15-13)10-12-4-1-2-6-14-12/h1-2,4,6,13,15,17H,3,5,7-11H2. The summed E-state index contributed by atoms with van der Waals surface area (Å²) >= 11 is 0. The van der Waals surface area contributed by atoms with Gasteiger partial charge in [-0.25, -0.2) is 0 Å². The van der Waals surface area contributed by atoms with E-state index in [-0.39, 0.29) is 6.61 Å². The van der Waals surface area contributed by atoms with E-state index in [0.717, 1.165) is 44.7 Å². The van der Waals surface area contributed by atoms with E-state index in [9.17, 15) is 0 Å². The average molecular weight is 235 g/mol. The van der Waals surface area contributed by atoms with Gasteiger partial charge in [-0.3, -0.25) is 9.88 Å². The van der Waals surface area contributed by atoms with Crippen molar-refractivity contribution in [3.8, 4) is 0 Å². The molecule has 0 aromatic carbocycles. The molecule has 1 aromatic heterocycles. The fourth-order valence-electron chi connectivity index (χ4n) is 2.29. The van der Waals surface area contributed by atoms with Crippen molar-refractivity contribution in [2.75, 3.05) is 26.2 Å². The second-order valence-corrected chi connectivity index (χ2v) is 4.57. The van der Waals surface area contributed by atoms with Gasteiger partial charge in [-0.05, 0) is 38.1 Å². The van der Waals surface area contributed by atoms with Crippen LogP contribution in [0.2, 0.25) is 0 Å². The van der Waals surface area contributed by atoms with Crippen LogP contribution in [0.25, 0.3) is 0 Å². The Balaban J connectivity index is 1.90. The van der Waals surface area contributed by atoms with Gasteiger partial charge in [0.2, 0.25) is 0 Å². The van der Waals surface area contributed by atoms with Gasteiger partial charge in [0.1, 0.15) is 0 Å². The minimum atomic E-state index is 0.259. The van der Waals surface area contributed by atoms with E-state index in [1.807, 2.05) is 18.3 Å². The van der Waals surface area contributed by atoms with Crippen molar-refractivity contribution < 1.29 is 5.11 Å². The highest BCUT2D eigenvalue weighted by Gasteiger charge is 2.17. The van der Waals surface area contributed by atoms with Crippen molar-refractivity contribution in [1.29, 1.82) is 0 Å². The molecule has 1 aliphatic heterocycles. The maximum atomic E-state index is 9.02. The number of pyridine rings is 1. The third-order valence-electron chi connectivity index (χ3n) is 3.15. The van der Waals surface area contributed by atoms with Crippen molar-refractivity contribution in [3.05, 3.63) is 30.1 Å². The first-order valence-electron chi connectivity index (χ1n) is 6.35. The SMILES string of the molecule is OCCC1CN(Cc2ccccn2)CCCN1. The monoisotopic (exact) mass is 235 g/mol. The van der Waals surface area contributed by atoms with E-state index >= 15 is 0 Å². The van der Waals surface area contributed by atoms with E-state index in [4.69, 9.17) is 5.11 Å². The molecule has 2 rings (SSSR count). The van der Waals surface area contributed by atoms with Crippen molar-refractivity contribution in [3.63, 3.8) is 0 Å². The van der Waals surface area contributed by atoms with E-state index in [1.165, 1.54) is 0 Å². The predicted molar refractivity (Wildman–Crippen MR) is 67.6 cm³/mol. The Bertz CT molecular complexity index is 318. The van der Waals surface area contributed by atoms with E-state index in [1.54, 1.807) is 0 Å². The Morgan fingerprint density at radius 2 is 2.41 bits per heavy atom. The summed E-state index contributed by atoms with van der Waals surface area (Å²) in [7, 11) is 0. The van der Waals surface area contributed by atoms with Gasteiger partial charge in [0, 0.05) is 31.9 Å². The molecule has 1 unspecified atom stereocenters. The minimum Gasteiger partial charge on any atom is -0.396 e. The molecule has 0 amide bonds. The molecular weight excluding hydrogens is 214 g/mol. The third-order valence-corrected chi connectivity index (χ3v) is 3.15. The second kappa shape index (κ2) is 6.69. The summed E-state index contributed by atoms with van der Waals surface area (Å²) in [5.74, 6) is 0. The molecule has 4 nitrogen and oxygen atoms in total. The molecule has 2 N–H and O–H groups in total. The van der Waals surface area contributed by atoms with Gasteiger partial charge in [0.25, 0.3) is 0 Å². The van der Waals surface area contributed by atoms with Gasteiger partial charge < -0.3 is 10.4 Å². The lowest BCUT2D eigenvalue weighted by Crippen LogP contribution is -2.38. The number of hydrogen-bond donors (Lipinski definition) is 2. The fraction of sp³-hybridized carbons (Fsp3) is 0.615. The molecule has 0 bridgehead atoms. The Labute approximate surface area is 103 Å². The molecule has 1 fully saturated rings. The summed E-state index contributed by atoms with van der Waals surface area (Å²) in [6.07, 6.45) is 3.84. The molecule has 0 aliphatic carbocycles. The first-order valence-corrected chi connectivity index (χ1v) is 6.35.